The summed E-state index contributed by atoms with van der Waals surface area (Å²) in [5, 5.41) is 9.60. The van der Waals surface area contributed by atoms with Gasteiger partial charge in [0.15, 0.2) is 0 Å². The van der Waals surface area contributed by atoms with Gasteiger partial charge in [0.1, 0.15) is 4.32 Å². The normalized spacial score (nSPS) is 16.6. The number of thiocarbonyl (C=S) groups is 1. The number of benzene rings is 1. The van der Waals surface area contributed by atoms with Crippen LogP contribution in [0.25, 0.3) is 6.08 Å². The lowest BCUT2D eigenvalue weighted by Crippen LogP contribution is -2.29. The van der Waals surface area contributed by atoms with Crippen molar-refractivity contribution in [3.63, 3.8) is 0 Å². The summed E-state index contributed by atoms with van der Waals surface area (Å²) in [6.07, 6.45) is 2.03. The van der Waals surface area contributed by atoms with Crippen LogP contribution in [0.1, 0.15) is 18.4 Å². The molecule has 2 rings (SSSR count). The molecule has 1 amide bonds. The maximum absolute atomic E-state index is 12.3. The number of carboxylic acids is 1. The molecule has 0 unspecified atom stereocenters. The summed E-state index contributed by atoms with van der Waals surface area (Å²) >= 11 is 18.2. The predicted molar refractivity (Wildman–Crippen MR) is 93.2 cm³/mol. The van der Waals surface area contributed by atoms with Crippen LogP contribution < -0.4 is 0 Å². The SMILES string of the molecule is O=C(O)CCCN1C(=O)/C(=C/c2cc(Cl)cc(Cl)c2)SC1=S. The molecule has 0 saturated carbocycles. The highest BCUT2D eigenvalue weighted by Gasteiger charge is 2.31. The van der Waals surface area contributed by atoms with Gasteiger partial charge in [-0.2, -0.15) is 0 Å². The molecule has 0 bridgehead atoms. The van der Waals surface area contributed by atoms with Crippen LogP contribution in [0.3, 0.4) is 0 Å². The van der Waals surface area contributed by atoms with Crippen molar-refractivity contribution < 1.29 is 14.7 Å². The van der Waals surface area contributed by atoms with Crippen LogP contribution in [-0.4, -0.2) is 32.7 Å². The third kappa shape index (κ3) is 4.46. The number of hydrogen-bond donors (Lipinski definition) is 1. The lowest BCUT2D eigenvalue weighted by molar-refractivity contribution is -0.137. The Hall–Kier alpha value is -1.08. The zero-order valence-corrected chi connectivity index (χ0v) is 14.4. The van der Waals surface area contributed by atoms with E-state index in [4.69, 9.17) is 40.5 Å². The Balaban J connectivity index is 2.13. The Kier molecular flexibility index (Phi) is 5.86. The van der Waals surface area contributed by atoms with E-state index in [-0.39, 0.29) is 12.3 Å². The molecular weight excluding hydrogens is 365 g/mol. The van der Waals surface area contributed by atoms with Crippen LogP contribution in [0, 0.1) is 0 Å². The van der Waals surface area contributed by atoms with Crippen LogP contribution in [0.5, 0.6) is 0 Å². The second-order valence-corrected chi connectivity index (χ2v) is 7.08. The Bertz CT molecular complexity index is 656. The Labute approximate surface area is 147 Å². The lowest BCUT2D eigenvalue weighted by atomic mass is 10.2. The molecule has 1 fully saturated rings. The number of amides is 1. The second kappa shape index (κ2) is 7.46. The average Bonchev–Trinajstić information content (AvgIpc) is 2.64. The van der Waals surface area contributed by atoms with Crippen LogP contribution in [0.15, 0.2) is 23.1 Å². The van der Waals surface area contributed by atoms with Gasteiger partial charge in [0.05, 0.1) is 4.91 Å². The summed E-state index contributed by atoms with van der Waals surface area (Å²) in [5.41, 5.74) is 0.712. The Morgan fingerprint density at radius 1 is 1.32 bits per heavy atom. The van der Waals surface area contributed by atoms with Gasteiger partial charge in [-0.25, -0.2) is 0 Å². The fraction of sp³-hybridized carbons (Fsp3) is 0.214. The zero-order chi connectivity index (χ0) is 16.3. The molecule has 1 aliphatic rings. The van der Waals surface area contributed by atoms with E-state index in [9.17, 15) is 9.59 Å². The van der Waals surface area contributed by atoms with Gasteiger partial charge in [-0.1, -0.05) is 47.2 Å². The lowest BCUT2D eigenvalue weighted by Gasteiger charge is -2.13. The molecule has 1 aromatic rings. The summed E-state index contributed by atoms with van der Waals surface area (Å²) in [5.74, 6) is -1.12. The van der Waals surface area contributed by atoms with E-state index >= 15 is 0 Å². The molecular formula is C14H11Cl2NO3S2. The molecule has 8 heteroatoms. The molecule has 0 spiro atoms. The molecule has 0 aromatic heterocycles. The number of rotatable bonds is 5. The van der Waals surface area contributed by atoms with Crippen molar-refractivity contribution >= 4 is 69.5 Å². The van der Waals surface area contributed by atoms with Gasteiger partial charge in [0.2, 0.25) is 0 Å². The number of carbonyl (C=O) groups is 2. The monoisotopic (exact) mass is 375 g/mol. The third-order valence-corrected chi connectivity index (χ3v) is 4.64. The molecule has 4 nitrogen and oxygen atoms in total. The van der Waals surface area contributed by atoms with Crippen molar-refractivity contribution in [1.82, 2.24) is 4.90 Å². The van der Waals surface area contributed by atoms with Crippen LogP contribution in [-0.2, 0) is 9.59 Å². The van der Waals surface area contributed by atoms with Crippen LogP contribution in [0.4, 0.5) is 0 Å². The minimum Gasteiger partial charge on any atom is -0.481 e. The molecule has 1 heterocycles. The molecule has 0 aliphatic carbocycles. The largest absolute Gasteiger partial charge is 0.481 e. The second-order valence-electron chi connectivity index (χ2n) is 4.53. The summed E-state index contributed by atoms with van der Waals surface area (Å²) in [6.45, 7) is 0.296. The van der Waals surface area contributed by atoms with Crippen LogP contribution in [0.2, 0.25) is 10.0 Å². The first-order valence-corrected chi connectivity index (χ1v) is 8.28. The smallest absolute Gasteiger partial charge is 0.303 e. The molecule has 0 atom stereocenters. The first-order valence-electron chi connectivity index (χ1n) is 6.30. The minimum absolute atomic E-state index is 0.00000868. The number of aliphatic carboxylic acids is 1. The number of hydrogen-bond acceptors (Lipinski definition) is 4. The highest BCUT2D eigenvalue weighted by atomic mass is 35.5. The van der Waals surface area contributed by atoms with E-state index in [0.29, 0.717) is 37.8 Å². The zero-order valence-electron chi connectivity index (χ0n) is 11.2. The minimum atomic E-state index is -0.894. The van der Waals surface area contributed by atoms with Crippen molar-refractivity contribution in [3.05, 3.63) is 38.7 Å². The van der Waals surface area contributed by atoms with Gasteiger partial charge in [0.25, 0.3) is 5.91 Å². The standard InChI is InChI=1S/C14H11Cl2NO3S2/c15-9-4-8(5-10(16)7-9)6-11-13(20)17(14(21)22-11)3-1-2-12(18)19/h4-7H,1-3H2,(H,18,19)/b11-6-. The Morgan fingerprint density at radius 2 is 1.95 bits per heavy atom. The predicted octanol–water partition coefficient (Wildman–Crippen LogP) is 4.06. The molecule has 1 N–H and O–H groups in total. The van der Waals surface area contributed by atoms with E-state index in [1.54, 1.807) is 24.3 Å². The van der Waals surface area contributed by atoms with Gasteiger partial charge in [-0.15, -0.1) is 0 Å². The molecule has 0 radical (unpaired) electrons. The van der Waals surface area contributed by atoms with Crippen molar-refractivity contribution in [2.24, 2.45) is 0 Å². The highest BCUT2D eigenvalue weighted by molar-refractivity contribution is 8.26. The topological polar surface area (TPSA) is 57.6 Å². The summed E-state index contributed by atoms with van der Waals surface area (Å²) in [6, 6.07) is 5.01. The van der Waals surface area contributed by atoms with E-state index in [1.165, 1.54) is 16.7 Å². The molecule has 1 aliphatic heterocycles. The molecule has 22 heavy (non-hydrogen) atoms. The number of nitrogens with zero attached hydrogens (tertiary/aromatic N) is 1. The number of carbonyl (C=O) groups excluding carboxylic acids is 1. The highest BCUT2D eigenvalue weighted by Crippen LogP contribution is 2.33. The van der Waals surface area contributed by atoms with Gasteiger partial charge >= 0.3 is 5.97 Å². The Morgan fingerprint density at radius 3 is 2.55 bits per heavy atom. The van der Waals surface area contributed by atoms with Crippen molar-refractivity contribution in [2.75, 3.05) is 6.54 Å². The maximum atomic E-state index is 12.3. The maximum Gasteiger partial charge on any atom is 0.303 e. The quantitative estimate of drug-likeness (QED) is 0.621. The first-order chi connectivity index (χ1) is 10.4. The van der Waals surface area contributed by atoms with Gasteiger partial charge in [-0.05, 0) is 36.3 Å². The van der Waals surface area contributed by atoms with Crippen LogP contribution >= 0.6 is 47.2 Å². The molecule has 116 valence electrons. The first kappa shape index (κ1) is 17.3. The van der Waals surface area contributed by atoms with E-state index in [2.05, 4.69) is 0 Å². The van der Waals surface area contributed by atoms with Gasteiger partial charge in [0, 0.05) is 23.0 Å². The fourth-order valence-electron chi connectivity index (χ4n) is 1.89. The van der Waals surface area contributed by atoms with Crippen molar-refractivity contribution in [3.8, 4) is 0 Å². The van der Waals surface area contributed by atoms with E-state index < -0.39 is 5.97 Å². The summed E-state index contributed by atoms with van der Waals surface area (Å²) in [7, 11) is 0. The average molecular weight is 376 g/mol. The van der Waals surface area contributed by atoms with E-state index in [1.807, 2.05) is 0 Å². The van der Waals surface area contributed by atoms with E-state index in [0.717, 1.165) is 0 Å². The number of halogens is 2. The molecule has 1 saturated heterocycles. The summed E-state index contributed by atoms with van der Waals surface area (Å²) < 4.78 is 0.426. The fourth-order valence-corrected chi connectivity index (χ4v) is 3.74. The van der Waals surface area contributed by atoms with Crippen molar-refractivity contribution in [2.45, 2.75) is 12.8 Å². The van der Waals surface area contributed by atoms with Gasteiger partial charge < -0.3 is 5.11 Å². The number of thioether (sulfide) groups is 1. The number of carboxylic acid groups (broad SMARTS) is 1. The van der Waals surface area contributed by atoms with Gasteiger partial charge in [-0.3, -0.25) is 14.5 Å². The molecule has 1 aromatic carbocycles. The van der Waals surface area contributed by atoms with Crippen molar-refractivity contribution in [1.29, 1.82) is 0 Å². The third-order valence-electron chi connectivity index (χ3n) is 2.83. The summed E-state index contributed by atoms with van der Waals surface area (Å²) in [4.78, 5) is 24.7.